The Hall–Kier alpha value is -4.00. The summed E-state index contributed by atoms with van der Waals surface area (Å²) in [5.41, 5.74) is 6.86. The molecule has 1 fully saturated rings. The second-order valence-electron chi connectivity index (χ2n) is 12.3. The molecule has 3 unspecified atom stereocenters. The first-order valence-corrected chi connectivity index (χ1v) is 18.6. The third-order valence-electron chi connectivity index (χ3n) is 8.63. The van der Waals surface area contributed by atoms with Crippen molar-refractivity contribution < 1.29 is 72.2 Å². The summed E-state index contributed by atoms with van der Waals surface area (Å²) in [6.07, 6.45) is -6.37. The van der Waals surface area contributed by atoms with E-state index in [2.05, 4.69) is 34.1 Å². The van der Waals surface area contributed by atoms with Crippen LogP contribution in [0.3, 0.4) is 0 Å². The summed E-state index contributed by atoms with van der Waals surface area (Å²) in [5.74, 6) is -0.193. The fraction of sp³-hybridized carbons (Fsp3) is 0.481. The normalized spacial score (nSPS) is 26.8. The highest BCUT2D eigenvalue weighted by atomic mass is 31.3. The minimum Gasteiger partial charge on any atom is -0.826 e. The topological polar surface area (TPSA) is 366 Å². The fourth-order valence-electron chi connectivity index (χ4n) is 5.72. The van der Waals surface area contributed by atoms with E-state index in [9.17, 15) is 54.4 Å². The number of aromatic amines is 1. The number of hydrogen-bond donors (Lipinski definition) is 10. The number of rotatable bonds is 13. The smallest absolute Gasteiger partial charge is 0.481 e. The Morgan fingerprint density at radius 3 is 2.57 bits per heavy atom. The average Bonchev–Trinajstić information content (AvgIpc) is 3.63. The average molecular weight is 788 g/mol. The minimum atomic E-state index is -5.54. The van der Waals surface area contributed by atoms with Gasteiger partial charge < -0.3 is 56.2 Å². The van der Waals surface area contributed by atoms with Crippen molar-refractivity contribution in [2.24, 2.45) is 5.92 Å². The molecule has 10 atom stereocenters. The number of allylic oxidation sites excluding steroid dienone is 3. The molecule has 1 saturated heterocycles. The van der Waals surface area contributed by atoms with Crippen molar-refractivity contribution >= 4 is 49.8 Å². The number of aliphatic hydroxyl groups excluding tert-OH is 5. The molecule has 6 rings (SSSR count). The van der Waals surface area contributed by atoms with E-state index in [0.717, 1.165) is 11.9 Å². The highest BCUT2D eigenvalue weighted by molar-refractivity contribution is 7.61. The van der Waals surface area contributed by atoms with Gasteiger partial charge in [-0.1, -0.05) is 12.5 Å². The van der Waals surface area contributed by atoms with Gasteiger partial charge >= 0.3 is 21.5 Å². The number of ether oxygens (including phenoxy) is 1. The molecule has 5 heterocycles. The summed E-state index contributed by atoms with van der Waals surface area (Å²) in [7, 11) is -11.0. The molecule has 0 radical (unpaired) electrons. The Morgan fingerprint density at radius 1 is 1.11 bits per heavy atom. The fourth-order valence-corrected chi connectivity index (χ4v) is 7.82. The molecule has 0 spiro atoms. The third-order valence-corrected chi connectivity index (χ3v) is 11.2. The van der Waals surface area contributed by atoms with Gasteiger partial charge in [-0.2, -0.15) is 4.31 Å². The standard InChI is InChI=1S/C27H35N9O15P2/c1-10-3-12-13(4-11(10)2)35(24-18(32-12)25(42)34-27(43)33-24)5-14(37)19(39)15(38)6-48-52(44,45)51-53(46,47)49-7-16-20(40)21(41)26(50-16)36-9-31-17-22(28)29-8-30-23(17)36/h3-4,8-10,14-16,19-21,26,32,37-41H,5-7H2,1-2H3,(H5-,28,29,30,33,34,42,43,44,45,46,47)/t10?,14-,15+,16+,19-,20+,21+,26+/m0/s1. The van der Waals surface area contributed by atoms with Gasteiger partial charge in [-0.3, -0.25) is 23.4 Å². The predicted octanol–water partition coefficient (Wildman–Crippen LogP) is -2.79. The number of fused-ring (bicyclic) bond motifs is 3. The molecule has 0 saturated carbocycles. The highest BCUT2D eigenvalue weighted by Gasteiger charge is 2.46. The lowest BCUT2D eigenvalue weighted by atomic mass is 9.92. The number of nitrogens with zero attached hydrogens (tertiary/aromatic N) is 6. The van der Waals surface area contributed by atoms with Crippen LogP contribution < -0.4 is 21.7 Å². The van der Waals surface area contributed by atoms with Crippen molar-refractivity contribution in [3.8, 4) is 6.01 Å². The number of hydrogen-bond acceptors (Lipinski definition) is 19. The van der Waals surface area contributed by atoms with Gasteiger partial charge in [0.05, 0.1) is 25.2 Å². The SMILES string of the molecule is CC1=CC2=[N+](C[C@H](O)[C@H](O)[C@H](O)COP(=O)(O)OP(=O)(O)OC[C@H]3O[C@@H](n4cnc5c(N)ncnc54)[C@H](O)[C@@H]3O)c3nc([O-])[nH]c(=O)c3NC2=CC1C. The summed E-state index contributed by atoms with van der Waals surface area (Å²) in [6, 6.07) is -0.982. The maximum atomic E-state index is 12.5. The molecule has 53 heavy (non-hydrogen) atoms. The minimum absolute atomic E-state index is 0.0310. The molecule has 3 aromatic rings. The van der Waals surface area contributed by atoms with Gasteiger partial charge in [-0.15, -0.1) is 0 Å². The van der Waals surface area contributed by atoms with Crippen molar-refractivity contribution in [1.29, 1.82) is 0 Å². The Labute approximate surface area is 297 Å². The number of imidazole rings is 1. The molecule has 0 aromatic carbocycles. The number of anilines is 2. The Kier molecular flexibility index (Phi) is 10.7. The summed E-state index contributed by atoms with van der Waals surface area (Å²) < 4.78 is 46.6. The lowest BCUT2D eigenvalue weighted by molar-refractivity contribution is -0.460. The summed E-state index contributed by atoms with van der Waals surface area (Å²) in [5, 5.41) is 68.1. The zero-order valence-corrected chi connectivity index (χ0v) is 29.4. The molecule has 3 aromatic heterocycles. The number of H-pyrrole nitrogens is 1. The summed E-state index contributed by atoms with van der Waals surface area (Å²) >= 11 is 0. The number of nitrogens with two attached hydrogens (primary N) is 1. The van der Waals surface area contributed by atoms with Crippen LogP contribution in [0, 0.1) is 5.92 Å². The van der Waals surface area contributed by atoms with Crippen LogP contribution in [-0.2, 0) is 27.2 Å². The number of nitrogens with one attached hydrogen (secondary N) is 2. The van der Waals surface area contributed by atoms with Crippen LogP contribution in [0.4, 0.5) is 17.3 Å². The molecule has 1 aliphatic carbocycles. The quantitative estimate of drug-likeness (QED) is 0.0618. The zero-order valence-electron chi connectivity index (χ0n) is 27.6. The first-order valence-electron chi connectivity index (χ1n) is 15.6. The van der Waals surface area contributed by atoms with Crippen LogP contribution in [0.25, 0.3) is 11.2 Å². The van der Waals surface area contributed by atoms with Gasteiger partial charge in [0.2, 0.25) is 0 Å². The van der Waals surface area contributed by atoms with Gasteiger partial charge in [-0.25, -0.2) is 28.7 Å². The van der Waals surface area contributed by atoms with Gasteiger partial charge in [-0.05, 0) is 30.0 Å². The summed E-state index contributed by atoms with van der Waals surface area (Å²) in [6.45, 7) is 0.992. The highest BCUT2D eigenvalue weighted by Crippen LogP contribution is 2.60. The predicted molar refractivity (Wildman–Crippen MR) is 175 cm³/mol. The van der Waals surface area contributed by atoms with Crippen molar-refractivity contribution in [2.45, 2.75) is 56.7 Å². The van der Waals surface area contributed by atoms with E-state index in [1.807, 2.05) is 18.8 Å². The van der Waals surface area contributed by atoms with E-state index in [-0.39, 0.29) is 34.4 Å². The monoisotopic (exact) mass is 787 g/mol. The number of aromatic nitrogens is 6. The molecule has 3 aliphatic rings. The number of phosphoric ester groups is 2. The lowest BCUT2D eigenvalue weighted by Crippen LogP contribution is -2.45. The van der Waals surface area contributed by atoms with E-state index in [4.69, 9.17) is 15.0 Å². The molecule has 26 heteroatoms. The molecule has 0 amide bonds. The number of phosphoric acid groups is 2. The van der Waals surface area contributed by atoms with Crippen LogP contribution in [-0.4, -0.2) is 131 Å². The van der Waals surface area contributed by atoms with Gasteiger partial charge in [0.15, 0.2) is 35.1 Å². The van der Waals surface area contributed by atoms with E-state index in [1.165, 1.54) is 15.5 Å². The molecule has 0 bridgehead atoms. The third kappa shape index (κ3) is 7.95. The van der Waals surface area contributed by atoms with E-state index in [0.29, 0.717) is 11.4 Å². The van der Waals surface area contributed by atoms with Crippen LogP contribution >= 0.6 is 15.6 Å². The maximum absolute atomic E-state index is 12.5. The first-order chi connectivity index (χ1) is 24.9. The first kappa shape index (κ1) is 38.7. The van der Waals surface area contributed by atoms with Crippen molar-refractivity contribution in [3.63, 3.8) is 0 Å². The van der Waals surface area contributed by atoms with E-state index >= 15 is 0 Å². The Balaban J connectivity index is 1.06. The van der Waals surface area contributed by atoms with Crippen molar-refractivity contribution in [3.05, 3.63) is 46.4 Å². The van der Waals surface area contributed by atoms with E-state index in [1.54, 1.807) is 12.2 Å². The second kappa shape index (κ2) is 14.7. The van der Waals surface area contributed by atoms with E-state index < -0.39 is 89.8 Å². The lowest BCUT2D eigenvalue weighted by Gasteiger charge is -2.28. The molecule has 11 N–H and O–H groups in total. The van der Waals surface area contributed by atoms with Crippen molar-refractivity contribution in [1.82, 2.24) is 29.5 Å². The van der Waals surface area contributed by atoms with Gasteiger partial charge in [0.25, 0.3) is 5.56 Å². The molecule has 24 nitrogen and oxygen atoms in total. The molecule has 2 aliphatic heterocycles. The van der Waals surface area contributed by atoms with Crippen LogP contribution in [0.1, 0.15) is 20.1 Å². The Morgan fingerprint density at radius 2 is 1.83 bits per heavy atom. The van der Waals surface area contributed by atoms with Gasteiger partial charge in [0.1, 0.15) is 55.0 Å². The van der Waals surface area contributed by atoms with Crippen LogP contribution in [0.2, 0.25) is 0 Å². The summed E-state index contributed by atoms with van der Waals surface area (Å²) in [4.78, 5) is 50.4. The van der Waals surface area contributed by atoms with Crippen molar-refractivity contribution in [2.75, 3.05) is 30.8 Å². The van der Waals surface area contributed by atoms with Gasteiger partial charge in [0, 0.05) is 0 Å². The largest absolute Gasteiger partial charge is 0.826 e. The zero-order chi connectivity index (χ0) is 38.6. The van der Waals surface area contributed by atoms with Crippen LogP contribution in [0.5, 0.6) is 6.01 Å². The Bertz CT molecular complexity index is 2160. The maximum Gasteiger partial charge on any atom is 0.481 e. The molecule has 288 valence electrons. The molecular formula is C27H35N9O15P2. The van der Waals surface area contributed by atoms with Crippen LogP contribution in [0.15, 0.2) is 40.9 Å². The second-order valence-corrected chi connectivity index (χ2v) is 15.4. The number of nitrogen functional groups attached to an aromatic ring is 1. The molecular weight excluding hydrogens is 752 g/mol. The number of β-amino-alcohol motifs (C(OH)–C–C–N with tert-alkyl or cyclic N) is 1. The number of aliphatic hydroxyl groups is 5.